The first-order chi connectivity index (χ1) is 44.8. The Labute approximate surface area is 556 Å². The summed E-state index contributed by atoms with van der Waals surface area (Å²) in [7, 11) is 0. The second kappa shape index (κ2) is 55.2. The number of hydrogen-bond donors (Lipinski definition) is 12. The van der Waals surface area contributed by atoms with Crippen LogP contribution in [-0.2, 0) is 33.2 Å². The summed E-state index contributed by atoms with van der Waals surface area (Å²) in [5, 5.41) is 120. The van der Waals surface area contributed by atoms with E-state index >= 15 is 0 Å². The molecule has 19 nitrogen and oxygen atoms in total. The third-order valence-corrected chi connectivity index (χ3v) is 19.0. The van der Waals surface area contributed by atoms with E-state index < -0.39 is 124 Å². The molecule has 17 atom stereocenters. The summed E-state index contributed by atoms with van der Waals surface area (Å²) in [6.07, 6.45) is 38.6. The maximum Gasteiger partial charge on any atom is 0.220 e. The van der Waals surface area contributed by atoms with E-state index in [9.17, 15) is 61.0 Å². The zero-order chi connectivity index (χ0) is 66.8. The molecule has 3 saturated heterocycles. The summed E-state index contributed by atoms with van der Waals surface area (Å²) in [5.41, 5.74) is 0. The van der Waals surface area contributed by atoms with Crippen molar-refractivity contribution in [2.24, 2.45) is 0 Å². The van der Waals surface area contributed by atoms with Crippen LogP contribution in [0.1, 0.15) is 303 Å². The number of carbonyl (C=O) groups is 1. The SMILES string of the molecule is CCCCCC/C=C/C(O)C(COC1OC(CO)C(OC2OC(CO)C(OC3OC(CO)C(O)C(O)C3O)C(O)C2O)C(O)C1O)NC(=O)CCCCCCCCCCCCCCCCCCCCCCCCCCCCCCC/C=C\CCCCCCCCCC. The third kappa shape index (κ3) is 36.2. The van der Waals surface area contributed by atoms with Crippen molar-refractivity contribution in [3.8, 4) is 0 Å². The molecule has 3 aliphatic heterocycles. The zero-order valence-electron chi connectivity index (χ0n) is 57.5. The van der Waals surface area contributed by atoms with E-state index in [1.807, 2.05) is 6.08 Å². The van der Waals surface area contributed by atoms with Gasteiger partial charge < -0.3 is 89.9 Å². The second-order valence-corrected chi connectivity index (χ2v) is 27.1. The summed E-state index contributed by atoms with van der Waals surface area (Å²) in [4.78, 5) is 13.3. The standard InChI is InChI=1S/C73H137NO18/c1-3-5-7-9-11-12-13-14-15-16-17-18-19-20-21-22-23-24-25-26-27-28-29-30-31-32-33-34-35-36-37-38-39-40-41-42-43-44-45-47-49-51-61(79)74-56(57(78)50-48-46-10-8-6-4-2)55-87-71-67(85)64(82)69(59(53-76)89-71)92-73-68(86)65(83)70(60(54-77)90-73)91-72-66(84)63(81)62(80)58(52-75)88-72/h16-17,48,50,56-60,62-73,75-78,80-86H,3-15,18-47,49,51-55H2,1-2H3,(H,74,79)/b17-16-,50-48+. The van der Waals surface area contributed by atoms with Gasteiger partial charge in [-0.15, -0.1) is 0 Å². The predicted molar refractivity (Wildman–Crippen MR) is 360 cm³/mol. The number of unbranched alkanes of at least 4 members (excludes halogenated alkanes) is 41. The first kappa shape index (κ1) is 84.5. The Morgan fingerprint density at radius 1 is 0.380 bits per heavy atom. The van der Waals surface area contributed by atoms with Gasteiger partial charge in [-0.05, 0) is 44.9 Å². The molecule has 1 amide bonds. The largest absolute Gasteiger partial charge is 0.394 e. The van der Waals surface area contributed by atoms with Crippen LogP contribution in [0.4, 0.5) is 0 Å². The quantitative estimate of drug-likeness (QED) is 0.0199. The van der Waals surface area contributed by atoms with Gasteiger partial charge in [0.15, 0.2) is 18.9 Å². The van der Waals surface area contributed by atoms with Gasteiger partial charge in [0.05, 0.1) is 38.6 Å². The summed E-state index contributed by atoms with van der Waals surface area (Å²) < 4.78 is 34.2. The van der Waals surface area contributed by atoms with Gasteiger partial charge in [-0.25, -0.2) is 0 Å². The maximum absolute atomic E-state index is 13.3. The normalized spacial score (nSPS) is 27.8. The number of aliphatic hydroxyl groups is 11. The number of allylic oxidation sites excluding steroid dienone is 3. The third-order valence-electron chi connectivity index (χ3n) is 19.0. The van der Waals surface area contributed by atoms with Gasteiger partial charge in [-0.1, -0.05) is 276 Å². The van der Waals surface area contributed by atoms with E-state index in [1.54, 1.807) is 6.08 Å². The zero-order valence-corrected chi connectivity index (χ0v) is 57.5. The minimum Gasteiger partial charge on any atom is -0.394 e. The number of carbonyl (C=O) groups excluding carboxylic acids is 1. The van der Waals surface area contributed by atoms with Gasteiger partial charge in [0.25, 0.3) is 0 Å². The van der Waals surface area contributed by atoms with Gasteiger partial charge in [-0.2, -0.15) is 0 Å². The number of nitrogens with one attached hydrogen (secondary N) is 1. The van der Waals surface area contributed by atoms with Crippen LogP contribution in [0, 0.1) is 0 Å². The fourth-order valence-electron chi connectivity index (χ4n) is 12.9. The molecule has 3 aliphatic rings. The average molecular weight is 1320 g/mol. The number of aliphatic hydroxyl groups excluding tert-OH is 11. The van der Waals surface area contributed by atoms with Crippen molar-refractivity contribution in [1.82, 2.24) is 5.32 Å². The highest BCUT2D eigenvalue weighted by Crippen LogP contribution is 2.33. The van der Waals surface area contributed by atoms with Crippen LogP contribution in [-0.4, -0.2) is 193 Å². The molecule has 0 aliphatic carbocycles. The number of hydrogen-bond acceptors (Lipinski definition) is 18. The van der Waals surface area contributed by atoms with Crippen molar-refractivity contribution in [2.75, 3.05) is 26.4 Å². The summed E-state index contributed by atoms with van der Waals surface area (Å²) in [5.74, 6) is -0.276. The van der Waals surface area contributed by atoms with Gasteiger partial charge in [-0.3, -0.25) is 4.79 Å². The van der Waals surface area contributed by atoms with Crippen molar-refractivity contribution in [2.45, 2.75) is 407 Å². The first-order valence-corrected chi connectivity index (χ1v) is 37.6. The minimum atomic E-state index is -1.97. The van der Waals surface area contributed by atoms with E-state index in [2.05, 4.69) is 31.3 Å². The predicted octanol–water partition coefficient (Wildman–Crippen LogP) is 11.0. The Balaban J connectivity index is 1.20. The van der Waals surface area contributed by atoms with Crippen LogP contribution in [0.5, 0.6) is 0 Å². The van der Waals surface area contributed by atoms with Crippen LogP contribution < -0.4 is 5.32 Å². The molecule has 92 heavy (non-hydrogen) atoms. The van der Waals surface area contributed by atoms with Crippen LogP contribution >= 0.6 is 0 Å². The first-order valence-electron chi connectivity index (χ1n) is 37.6. The molecule has 542 valence electrons. The van der Waals surface area contributed by atoms with Gasteiger partial charge in [0.2, 0.25) is 5.91 Å². The maximum atomic E-state index is 13.3. The van der Waals surface area contributed by atoms with Gasteiger partial charge >= 0.3 is 0 Å². The summed E-state index contributed by atoms with van der Waals surface area (Å²) in [6, 6.07) is -0.966. The lowest BCUT2D eigenvalue weighted by atomic mass is 9.96. The lowest BCUT2D eigenvalue weighted by molar-refractivity contribution is -0.379. The molecule has 0 aromatic rings. The molecule has 12 N–H and O–H groups in total. The molecule has 19 heteroatoms. The Bertz CT molecular complexity index is 1760. The average Bonchev–Trinajstić information content (AvgIpc) is 0.844. The van der Waals surface area contributed by atoms with Crippen molar-refractivity contribution in [3.63, 3.8) is 0 Å². The Kier molecular flexibility index (Phi) is 50.7. The highest BCUT2D eigenvalue weighted by atomic mass is 16.8. The molecule has 0 aromatic heterocycles. The van der Waals surface area contributed by atoms with Gasteiger partial charge in [0.1, 0.15) is 73.2 Å². The highest BCUT2D eigenvalue weighted by Gasteiger charge is 2.53. The topological polar surface area (TPSA) is 307 Å². The minimum absolute atomic E-state index is 0.247. The molecule has 0 saturated carbocycles. The van der Waals surface area contributed by atoms with E-state index in [1.165, 1.54) is 225 Å². The molecule has 0 bridgehead atoms. The van der Waals surface area contributed by atoms with Crippen LogP contribution in [0.3, 0.4) is 0 Å². The smallest absolute Gasteiger partial charge is 0.220 e. The number of amides is 1. The monoisotopic (exact) mass is 1320 g/mol. The number of ether oxygens (including phenoxy) is 6. The van der Waals surface area contributed by atoms with Crippen LogP contribution in [0.15, 0.2) is 24.3 Å². The molecular formula is C73H137NO18. The molecule has 0 aromatic carbocycles. The van der Waals surface area contributed by atoms with Crippen molar-refractivity contribution >= 4 is 5.91 Å². The second-order valence-electron chi connectivity index (χ2n) is 27.1. The van der Waals surface area contributed by atoms with Crippen LogP contribution in [0.25, 0.3) is 0 Å². The van der Waals surface area contributed by atoms with E-state index in [0.29, 0.717) is 6.42 Å². The fourth-order valence-corrected chi connectivity index (χ4v) is 12.9. The van der Waals surface area contributed by atoms with E-state index in [-0.39, 0.29) is 18.9 Å². The van der Waals surface area contributed by atoms with Gasteiger partial charge in [0, 0.05) is 6.42 Å². The van der Waals surface area contributed by atoms with E-state index in [4.69, 9.17) is 28.4 Å². The molecule has 3 fully saturated rings. The summed E-state index contributed by atoms with van der Waals surface area (Å²) >= 11 is 0. The summed E-state index contributed by atoms with van der Waals surface area (Å²) in [6.45, 7) is 1.65. The molecule has 0 spiro atoms. The highest BCUT2D eigenvalue weighted by molar-refractivity contribution is 5.76. The Hall–Kier alpha value is -1.73. The number of rotatable bonds is 59. The van der Waals surface area contributed by atoms with Crippen LogP contribution in [0.2, 0.25) is 0 Å². The fraction of sp³-hybridized carbons (Fsp3) is 0.932. The van der Waals surface area contributed by atoms with Crippen molar-refractivity contribution in [3.05, 3.63) is 24.3 Å². The molecule has 3 heterocycles. The lowest BCUT2D eigenvalue weighted by Crippen LogP contribution is -2.66. The Morgan fingerprint density at radius 3 is 1.07 bits per heavy atom. The lowest BCUT2D eigenvalue weighted by Gasteiger charge is -2.48. The van der Waals surface area contributed by atoms with Crippen molar-refractivity contribution in [1.29, 1.82) is 0 Å². The molecule has 0 radical (unpaired) electrons. The Morgan fingerprint density at radius 2 is 0.685 bits per heavy atom. The molecule has 17 unspecified atom stereocenters. The van der Waals surface area contributed by atoms with E-state index in [0.717, 1.165) is 51.4 Å². The molecule has 3 rings (SSSR count). The molecular weight excluding hydrogens is 1180 g/mol. The van der Waals surface area contributed by atoms with Crippen molar-refractivity contribution < 1.29 is 89.4 Å².